The van der Waals surface area contributed by atoms with Crippen LogP contribution in [-0.4, -0.2) is 13.0 Å². The van der Waals surface area contributed by atoms with Crippen molar-refractivity contribution in [3.8, 4) is 0 Å². The van der Waals surface area contributed by atoms with Gasteiger partial charge in [0.1, 0.15) is 0 Å². The number of rotatable bonds is 4. The van der Waals surface area contributed by atoms with Gasteiger partial charge >= 0.3 is 13.0 Å². The second-order valence-electron chi connectivity index (χ2n) is 3.91. The Bertz CT molecular complexity index is 76.2. The van der Waals surface area contributed by atoms with Gasteiger partial charge in [-0.1, -0.05) is 50.1 Å². The molecule has 0 aliphatic rings. The van der Waals surface area contributed by atoms with E-state index in [4.69, 9.17) is 0 Å². The minimum Gasteiger partial charge on any atom is -0.272 e. The van der Waals surface area contributed by atoms with E-state index < -0.39 is 13.0 Å². The average Bonchev–Trinajstić information content (AvgIpc) is 1.58. The predicted octanol–water partition coefficient (Wildman–Crippen LogP) is 3.64. The first kappa shape index (κ1) is 14.7. The van der Waals surface area contributed by atoms with Crippen molar-refractivity contribution in [3.63, 3.8) is 0 Å². The molecule has 0 radical (unpaired) electrons. The van der Waals surface area contributed by atoms with Gasteiger partial charge in [-0.25, -0.2) is 0 Å². The van der Waals surface area contributed by atoms with Crippen LogP contribution in [0.15, 0.2) is 0 Å². The monoisotopic (exact) mass is 210 g/mol. The molecule has 0 bridgehead atoms. The molecule has 0 spiro atoms. The van der Waals surface area contributed by atoms with Crippen molar-refractivity contribution in [2.45, 2.75) is 38.3 Å². The molecule has 0 aromatic carbocycles. The number of halogens is 1. The van der Waals surface area contributed by atoms with E-state index in [1.165, 1.54) is 10.6 Å². The third kappa shape index (κ3) is 11.2. The fourth-order valence-corrected chi connectivity index (χ4v) is 6.08. The Balaban J connectivity index is 0. The van der Waals surface area contributed by atoms with Gasteiger partial charge < -0.3 is 0 Å². The van der Waals surface area contributed by atoms with Crippen LogP contribution in [0.1, 0.15) is 27.7 Å². The molecule has 11 heavy (non-hydrogen) atoms. The lowest BCUT2D eigenvalue weighted by Crippen LogP contribution is -2.10. The Morgan fingerprint density at radius 3 is 1.45 bits per heavy atom. The number of thiol groups is 1. The van der Waals surface area contributed by atoms with Crippen LogP contribution in [0.2, 0.25) is 10.6 Å². The molecule has 0 unspecified atom stereocenters. The summed E-state index contributed by atoms with van der Waals surface area (Å²) in [5.74, 6) is 1.71. The number of hydrogen-bond donors (Lipinski definition) is 1. The lowest BCUT2D eigenvalue weighted by molar-refractivity contribution is 0.698. The van der Waals surface area contributed by atoms with Crippen molar-refractivity contribution in [3.05, 3.63) is 0 Å². The standard InChI is InChI=1S/2C4H9.Al.ClH.H2S/c2*1-4(2)3;;;/h2*4H,1H2,2-3H3;;1H;1H2/q;;+1;;/p-1. The molecule has 0 fully saturated rings. The van der Waals surface area contributed by atoms with Crippen LogP contribution in [0.5, 0.6) is 0 Å². The summed E-state index contributed by atoms with van der Waals surface area (Å²) in [4.78, 5) is 0. The van der Waals surface area contributed by atoms with Gasteiger partial charge in [-0.3, -0.25) is 11.0 Å². The second kappa shape index (κ2) is 7.80. The average molecular weight is 211 g/mol. The molecular weight excluding hydrogens is 191 g/mol. The molecule has 0 heterocycles. The van der Waals surface area contributed by atoms with E-state index in [0.29, 0.717) is 0 Å². The molecule has 0 aromatic heterocycles. The molecule has 0 aliphatic carbocycles. The Morgan fingerprint density at radius 2 is 1.27 bits per heavy atom. The Hall–Kier alpha value is 1.17. The molecule has 0 atom stereocenters. The molecular formula is C8H20AlClS. The minimum atomic E-state index is -0.623. The molecule has 0 saturated heterocycles. The maximum Gasteiger partial charge on any atom is 0.344 e. The molecule has 0 rings (SSSR count). The molecule has 0 aromatic rings. The molecule has 0 aliphatic heterocycles. The van der Waals surface area contributed by atoms with Crippen LogP contribution in [0.4, 0.5) is 0 Å². The van der Waals surface area contributed by atoms with Gasteiger partial charge in [-0.15, -0.1) is 12.4 Å². The maximum atomic E-state index is 4.65. The van der Waals surface area contributed by atoms with Crippen molar-refractivity contribution in [1.29, 1.82) is 0 Å². The van der Waals surface area contributed by atoms with E-state index in [1.807, 2.05) is 0 Å². The first-order valence-corrected chi connectivity index (χ1v) is 7.90. The second-order valence-corrected chi connectivity index (χ2v) is 8.35. The largest absolute Gasteiger partial charge is 0.344 e. The van der Waals surface area contributed by atoms with Gasteiger partial charge in [0.25, 0.3) is 0 Å². The highest BCUT2D eigenvalue weighted by atomic mass is 35.5. The summed E-state index contributed by atoms with van der Waals surface area (Å²) in [6.07, 6.45) is 0. The normalized spacial score (nSPS) is 10.1. The van der Waals surface area contributed by atoms with E-state index in [9.17, 15) is 0 Å². The van der Waals surface area contributed by atoms with E-state index in [1.54, 1.807) is 0 Å². The third-order valence-corrected chi connectivity index (χ3v) is 5.73. The van der Waals surface area contributed by atoms with Crippen molar-refractivity contribution in [1.82, 2.24) is 0 Å². The Labute approximate surface area is 86.4 Å². The summed E-state index contributed by atoms with van der Waals surface area (Å²) in [7, 11) is 4.65. The number of hydrogen-bond acceptors (Lipinski definition) is 1. The highest BCUT2D eigenvalue weighted by Gasteiger charge is 2.15. The molecule has 68 valence electrons. The predicted molar refractivity (Wildman–Crippen MR) is 61.3 cm³/mol. The van der Waals surface area contributed by atoms with Gasteiger partial charge in [-0.2, -0.15) is 0 Å². The van der Waals surface area contributed by atoms with Crippen LogP contribution in [0.25, 0.3) is 0 Å². The summed E-state index contributed by atoms with van der Waals surface area (Å²) < 4.78 is 0. The summed E-state index contributed by atoms with van der Waals surface area (Å²) in [5, 5.41) is 2.78. The van der Waals surface area contributed by atoms with E-state index in [-0.39, 0.29) is 12.4 Å². The smallest absolute Gasteiger partial charge is 0.272 e. The van der Waals surface area contributed by atoms with Gasteiger partial charge in [0.15, 0.2) is 0 Å². The minimum absolute atomic E-state index is 0. The Morgan fingerprint density at radius 1 is 1.00 bits per heavy atom. The highest BCUT2D eigenvalue weighted by molar-refractivity contribution is 8.10. The summed E-state index contributed by atoms with van der Waals surface area (Å²) in [5.41, 5.74) is 0. The molecule has 0 amide bonds. The maximum absolute atomic E-state index is 4.65. The SMILES string of the molecule is CC(C)[CH2][Al]([SH])[CH2]C(C)C.Cl. The third-order valence-electron chi connectivity index (χ3n) is 1.49. The summed E-state index contributed by atoms with van der Waals surface area (Å²) in [6.45, 7) is 9.15. The highest BCUT2D eigenvalue weighted by Crippen LogP contribution is 2.16. The van der Waals surface area contributed by atoms with Crippen LogP contribution < -0.4 is 0 Å². The fourth-order valence-electron chi connectivity index (χ4n) is 1.18. The lowest BCUT2D eigenvalue weighted by Gasteiger charge is -2.09. The van der Waals surface area contributed by atoms with Crippen LogP contribution in [0.3, 0.4) is 0 Å². The Kier molecular flexibility index (Phi) is 10.4. The van der Waals surface area contributed by atoms with E-state index >= 15 is 0 Å². The van der Waals surface area contributed by atoms with Gasteiger partial charge in [-0.05, 0) is 0 Å². The summed E-state index contributed by atoms with van der Waals surface area (Å²) in [6, 6.07) is 0. The zero-order valence-corrected chi connectivity index (χ0v) is 10.9. The fraction of sp³-hybridized carbons (Fsp3) is 1.00. The zero-order valence-electron chi connectivity index (χ0n) is 8.00. The zero-order chi connectivity index (χ0) is 8.15. The topological polar surface area (TPSA) is 0 Å². The van der Waals surface area contributed by atoms with E-state index in [2.05, 4.69) is 38.7 Å². The van der Waals surface area contributed by atoms with Crippen molar-refractivity contribution in [2.24, 2.45) is 11.8 Å². The van der Waals surface area contributed by atoms with Crippen molar-refractivity contribution in [2.75, 3.05) is 0 Å². The van der Waals surface area contributed by atoms with E-state index in [0.717, 1.165) is 11.8 Å². The van der Waals surface area contributed by atoms with Crippen molar-refractivity contribution < 1.29 is 0 Å². The first-order chi connectivity index (χ1) is 4.52. The van der Waals surface area contributed by atoms with Crippen LogP contribution in [0, 0.1) is 11.8 Å². The first-order valence-electron chi connectivity index (χ1n) is 4.20. The molecule has 0 saturated carbocycles. The molecule has 3 heteroatoms. The van der Waals surface area contributed by atoms with Gasteiger partial charge in [0, 0.05) is 0 Å². The quantitative estimate of drug-likeness (QED) is 0.532. The van der Waals surface area contributed by atoms with Crippen LogP contribution >= 0.6 is 23.4 Å². The van der Waals surface area contributed by atoms with Crippen LogP contribution in [-0.2, 0) is 0 Å². The lowest BCUT2D eigenvalue weighted by atomic mass is 10.3. The molecule has 0 nitrogen and oxygen atoms in total. The van der Waals surface area contributed by atoms with Gasteiger partial charge in [0.2, 0.25) is 0 Å². The van der Waals surface area contributed by atoms with Crippen molar-refractivity contribution >= 4 is 36.4 Å². The van der Waals surface area contributed by atoms with Gasteiger partial charge in [0.05, 0.1) is 0 Å². The summed E-state index contributed by atoms with van der Waals surface area (Å²) >= 11 is -0.623. The molecule has 0 N–H and O–H groups in total.